The van der Waals surface area contributed by atoms with E-state index in [4.69, 9.17) is 4.74 Å². The van der Waals surface area contributed by atoms with E-state index in [9.17, 15) is 39.9 Å². The Morgan fingerprint density at radius 1 is 0.868 bits per heavy atom. The molecule has 0 aliphatic carbocycles. The van der Waals surface area contributed by atoms with E-state index in [0.717, 1.165) is 31.4 Å². The SMILES string of the molecule is COc1cc(C(Cc2ccccc2)(NC(=O)NC(C)C(F)(F)F)c2cc(F)cc(C(F)(F)F)c2)ccc1F. The molecular formula is C26H22F8N2O2. The van der Waals surface area contributed by atoms with E-state index in [1.54, 1.807) is 35.6 Å². The van der Waals surface area contributed by atoms with Crippen molar-refractivity contribution in [2.75, 3.05) is 7.11 Å². The molecule has 2 atom stereocenters. The highest BCUT2D eigenvalue weighted by Gasteiger charge is 2.42. The molecule has 0 bridgehead atoms. The average Bonchev–Trinajstić information content (AvgIpc) is 2.83. The third-order valence-electron chi connectivity index (χ3n) is 5.84. The summed E-state index contributed by atoms with van der Waals surface area (Å²) >= 11 is 0. The minimum Gasteiger partial charge on any atom is -0.494 e. The predicted octanol–water partition coefficient (Wildman–Crippen LogP) is 6.73. The summed E-state index contributed by atoms with van der Waals surface area (Å²) < 4.78 is 114. The maximum absolute atomic E-state index is 14.6. The number of ether oxygens (including phenoxy) is 1. The van der Waals surface area contributed by atoms with Crippen molar-refractivity contribution in [1.82, 2.24) is 10.6 Å². The molecular weight excluding hydrogens is 524 g/mol. The average molecular weight is 546 g/mol. The second-order valence-corrected chi connectivity index (χ2v) is 8.51. The highest BCUT2D eigenvalue weighted by molar-refractivity contribution is 5.76. The zero-order valence-electron chi connectivity index (χ0n) is 20.0. The molecule has 4 nitrogen and oxygen atoms in total. The summed E-state index contributed by atoms with van der Waals surface area (Å²) in [4.78, 5) is 12.9. The van der Waals surface area contributed by atoms with Gasteiger partial charge in [0.2, 0.25) is 0 Å². The van der Waals surface area contributed by atoms with Crippen LogP contribution in [0.1, 0.15) is 29.2 Å². The summed E-state index contributed by atoms with van der Waals surface area (Å²) in [7, 11) is 1.12. The Hall–Kier alpha value is -3.83. The second kappa shape index (κ2) is 10.9. The summed E-state index contributed by atoms with van der Waals surface area (Å²) in [5.41, 5.74) is -3.62. The van der Waals surface area contributed by atoms with Crippen LogP contribution in [0.4, 0.5) is 39.9 Å². The van der Waals surface area contributed by atoms with Crippen LogP contribution in [0, 0.1) is 11.6 Å². The van der Waals surface area contributed by atoms with Crippen LogP contribution in [0.3, 0.4) is 0 Å². The van der Waals surface area contributed by atoms with Gasteiger partial charge in [0, 0.05) is 6.42 Å². The fourth-order valence-electron chi connectivity index (χ4n) is 3.89. The number of hydrogen-bond acceptors (Lipinski definition) is 2. The molecule has 3 aromatic rings. The molecule has 12 heteroatoms. The minimum atomic E-state index is -5.00. The molecule has 2 N–H and O–H groups in total. The van der Waals surface area contributed by atoms with Crippen LogP contribution in [0.5, 0.6) is 5.75 Å². The molecule has 0 spiro atoms. The topological polar surface area (TPSA) is 50.4 Å². The highest BCUT2D eigenvalue weighted by atomic mass is 19.4. The van der Waals surface area contributed by atoms with Gasteiger partial charge in [-0.15, -0.1) is 0 Å². The number of rotatable bonds is 7. The third kappa shape index (κ3) is 6.53. The summed E-state index contributed by atoms with van der Waals surface area (Å²) in [6.45, 7) is 0.670. The molecule has 38 heavy (non-hydrogen) atoms. The van der Waals surface area contributed by atoms with Crippen molar-refractivity contribution in [1.29, 1.82) is 0 Å². The van der Waals surface area contributed by atoms with Gasteiger partial charge in [-0.3, -0.25) is 0 Å². The summed E-state index contributed by atoms with van der Waals surface area (Å²) in [6.07, 6.45) is -10.2. The van der Waals surface area contributed by atoms with Gasteiger partial charge in [-0.1, -0.05) is 36.4 Å². The van der Waals surface area contributed by atoms with E-state index in [-0.39, 0.29) is 23.8 Å². The van der Waals surface area contributed by atoms with Gasteiger partial charge in [-0.25, -0.2) is 13.6 Å². The lowest BCUT2D eigenvalue weighted by atomic mass is 9.77. The van der Waals surface area contributed by atoms with Crippen molar-refractivity contribution in [2.24, 2.45) is 0 Å². The van der Waals surface area contributed by atoms with E-state index in [1.165, 1.54) is 0 Å². The number of alkyl halides is 6. The van der Waals surface area contributed by atoms with Crippen LogP contribution >= 0.6 is 0 Å². The Bertz CT molecular complexity index is 1280. The first-order valence-electron chi connectivity index (χ1n) is 11.1. The molecule has 0 aromatic heterocycles. The number of urea groups is 1. The number of carbonyl (C=O) groups excluding carboxylic acids is 1. The van der Waals surface area contributed by atoms with E-state index in [0.29, 0.717) is 18.6 Å². The first kappa shape index (κ1) is 28.7. The van der Waals surface area contributed by atoms with Gasteiger partial charge in [0.25, 0.3) is 0 Å². The number of halogens is 8. The standard InChI is InChI=1S/C26H22F8N2O2/c1-15(25(29,30)31)35-23(37)36-24(14-16-6-4-3-5-7-16,17-8-9-21(28)22(13-17)38-2)18-10-19(26(32,33)34)12-20(27)11-18/h3-13,15H,14H2,1-2H3,(H2,35,36,37). The molecule has 3 aromatic carbocycles. The Labute approximate surface area is 212 Å². The lowest BCUT2D eigenvalue weighted by molar-refractivity contribution is -0.148. The zero-order valence-corrected chi connectivity index (χ0v) is 20.0. The van der Waals surface area contributed by atoms with Crippen LogP contribution in [0.15, 0.2) is 66.7 Å². The fourth-order valence-corrected chi connectivity index (χ4v) is 3.89. The van der Waals surface area contributed by atoms with Crippen molar-refractivity contribution in [3.63, 3.8) is 0 Å². The van der Waals surface area contributed by atoms with E-state index >= 15 is 0 Å². The lowest BCUT2D eigenvalue weighted by Gasteiger charge is -2.37. The zero-order chi connectivity index (χ0) is 28.3. The Morgan fingerprint density at radius 2 is 1.50 bits per heavy atom. The molecule has 0 fully saturated rings. The van der Waals surface area contributed by atoms with E-state index in [2.05, 4.69) is 5.32 Å². The van der Waals surface area contributed by atoms with E-state index in [1.807, 2.05) is 0 Å². The van der Waals surface area contributed by atoms with Gasteiger partial charge in [-0.05, 0) is 53.9 Å². The molecule has 204 valence electrons. The first-order chi connectivity index (χ1) is 17.7. The van der Waals surface area contributed by atoms with Gasteiger partial charge in [0.15, 0.2) is 11.6 Å². The smallest absolute Gasteiger partial charge is 0.416 e. The molecule has 2 unspecified atom stereocenters. The monoisotopic (exact) mass is 546 g/mol. The molecule has 0 saturated carbocycles. The summed E-state index contributed by atoms with van der Waals surface area (Å²) in [5.74, 6) is -2.53. The van der Waals surface area contributed by atoms with Crippen molar-refractivity contribution < 1.29 is 44.7 Å². The highest BCUT2D eigenvalue weighted by Crippen LogP contribution is 2.39. The number of carbonyl (C=O) groups is 1. The van der Waals surface area contributed by atoms with Crippen LogP contribution in [-0.2, 0) is 18.1 Å². The molecule has 3 rings (SSSR count). The number of benzene rings is 3. The third-order valence-corrected chi connectivity index (χ3v) is 5.84. The van der Waals surface area contributed by atoms with Crippen molar-refractivity contribution >= 4 is 6.03 Å². The van der Waals surface area contributed by atoms with Crippen LogP contribution in [0.2, 0.25) is 0 Å². The Kier molecular flexibility index (Phi) is 8.23. The maximum Gasteiger partial charge on any atom is 0.416 e. The fraction of sp³-hybridized carbons (Fsp3) is 0.269. The lowest BCUT2D eigenvalue weighted by Crippen LogP contribution is -2.55. The largest absolute Gasteiger partial charge is 0.494 e. The summed E-state index contributed by atoms with van der Waals surface area (Å²) in [6, 6.07) is 8.82. The van der Waals surface area contributed by atoms with Crippen molar-refractivity contribution in [2.45, 2.75) is 37.3 Å². The number of hydrogen-bond donors (Lipinski definition) is 2. The van der Waals surface area contributed by atoms with Gasteiger partial charge in [0.1, 0.15) is 11.9 Å². The molecule has 0 radical (unpaired) electrons. The Balaban J connectivity index is 2.32. The number of amides is 2. The maximum atomic E-state index is 14.6. The number of methoxy groups -OCH3 is 1. The predicted molar refractivity (Wildman–Crippen MR) is 122 cm³/mol. The summed E-state index contributed by atoms with van der Waals surface area (Å²) in [5, 5.41) is 4.03. The van der Waals surface area contributed by atoms with Gasteiger partial charge < -0.3 is 15.4 Å². The molecule has 0 saturated heterocycles. The van der Waals surface area contributed by atoms with Crippen LogP contribution in [0.25, 0.3) is 0 Å². The second-order valence-electron chi connectivity index (χ2n) is 8.51. The van der Waals surface area contributed by atoms with Crippen LogP contribution < -0.4 is 15.4 Å². The molecule has 0 aliphatic heterocycles. The number of nitrogens with one attached hydrogen (secondary N) is 2. The van der Waals surface area contributed by atoms with Crippen LogP contribution in [-0.4, -0.2) is 25.4 Å². The molecule has 0 heterocycles. The Morgan fingerprint density at radius 3 is 2.08 bits per heavy atom. The quantitative estimate of drug-likeness (QED) is 0.323. The van der Waals surface area contributed by atoms with Gasteiger partial charge in [0.05, 0.1) is 18.2 Å². The van der Waals surface area contributed by atoms with E-state index < -0.39 is 52.7 Å². The van der Waals surface area contributed by atoms with Crippen molar-refractivity contribution in [3.05, 3.63) is 101 Å². The van der Waals surface area contributed by atoms with Crippen molar-refractivity contribution in [3.8, 4) is 5.75 Å². The normalized spacial score (nSPS) is 14.4. The molecule has 2 amide bonds. The first-order valence-corrected chi connectivity index (χ1v) is 11.1. The molecule has 0 aliphatic rings. The minimum absolute atomic E-state index is 0.0758. The van der Waals surface area contributed by atoms with Gasteiger partial charge in [-0.2, -0.15) is 26.3 Å². The van der Waals surface area contributed by atoms with Gasteiger partial charge >= 0.3 is 18.4 Å².